The van der Waals surface area contributed by atoms with Gasteiger partial charge in [-0.05, 0) is 30.7 Å². The van der Waals surface area contributed by atoms with Gasteiger partial charge in [0.1, 0.15) is 17.0 Å². The van der Waals surface area contributed by atoms with Crippen LogP contribution in [0.1, 0.15) is 32.3 Å². The molecule has 5 rings (SSSR count). The number of rotatable bonds is 5. The molecular weight excluding hydrogens is 393 g/mol. The number of methoxy groups -OCH3 is 1. The average molecular weight is 422 g/mol. The second kappa shape index (κ2) is 8.04. The van der Waals surface area contributed by atoms with E-state index in [0.717, 1.165) is 43.5 Å². The van der Waals surface area contributed by atoms with Crippen LogP contribution in [0.2, 0.25) is 0 Å². The van der Waals surface area contributed by atoms with Crippen molar-refractivity contribution in [2.45, 2.75) is 45.2 Å². The molecule has 2 atom stereocenters. The van der Waals surface area contributed by atoms with Gasteiger partial charge in [0.15, 0.2) is 5.82 Å². The molecule has 31 heavy (non-hydrogen) atoms. The minimum atomic E-state index is -0.422. The van der Waals surface area contributed by atoms with Crippen LogP contribution in [0, 0.1) is 11.7 Å². The van der Waals surface area contributed by atoms with Gasteiger partial charge in [-0.2, -0.15) is 9.97 Å². The first-order chi connectivity index (χ1) is 15.0. The van der Waals surface area contributed by atoms with Gasteiger partial charge in [-0.15, -0.1) is 0 Å². The maximum Gasteiger partial charge on any atom is 0.318 e. The lowest BCUT2D eigenvalue weighted by atomic mass is 9.95. The fourth-order valence-electron chi connectivity index (χ4n) is 4.88. The van der Waals surface area contributed by atoms with E-state index in [0.29, 0.717) is 34.9 Å². The molecule has 3 aromatic rings. The van der Waals surface area contributed by atoms with Crippen LogP contribution >= 0.6 is 0 Å². The maximum absolute atomic E-state index is 15.9. The van der Waals surface area contributed by atoms with Crippen LogP contribution in [0.3, 0.4) is 0 Å². The van der Waals surface area contributed by atoms with Crippen molar-refractivity contribution in [2.75, 3.05) is 25.1 Å². The van der Waals surface area contributed by atoms with E-state index in [2.05, 4.69) is 39.0 Å². The van der Waals surface area contributed by atoms with Gasteiger partial charge in [0, 0.05) is 36.9 Å². The topological polar surface area (TPSA) is 63.2 Å². The van der Waals surface area contributed by atoms with Gasteiger partial charge in [0.2, 0.25) is 0 Å². The number of hydrogen-bond donors (Lipinski definition) is 1. The Morgan fingerprint density at radius 1 is 1.16 bits per heavy atom. The first-order valence-corrected chi connectivity index (χ1v) is 11.0. The lowest BCUT2D eigenvalue weighted by Gasteiger charge is -2.34. The van der Waals surface area contributed by atoms with Crippen molar-refractivity contribution in [3.05, 3.63) is 41.8 Å². The fourth-order valence-corrected chi connectivity index (χ4v) is 4.88. The molecule has 1 aromatic carbocycles. The van der Waals surface area contributed by atoms with Gasteiger partial charge >= 0.3 is 6.01 Å². The van der Waals surface area contributed by atoms with Crippen LogP contribution in [0.4, 0.5) is 10.2 Å². The number of nitrogens with zero attached hydrogens (tertiary/aromatic N) is 4. The summed E-state index contributed by atoms with van der Waals surface area (Å²) in [6, 6.07) is 8.95. The van der Waals surface area contributed by atoms with Gasteiger partial charge in [0.25, 0.3) is 0 Å². The smallest absolute Gasteiger partial charge is 0.318 e. The van der Waals surface area contributed by atoms with Crippen LogP contribution in [-0.2, 0) is 6.42 Å². The van der Waals surface area contributed by atoms with Crippen molar-refractivity contribution in [3.8, 4) is 17.3 Å². The quantitative estimate of drug-likeness (QED) is 0.672. The Hall–Kier alpha value is -2.80. The molecule has 2 saturated heterocycles. The predicted octanol–water partition coefficient (Wildman–Crippen LogP) is 3.98. The zero-order valence-electron chi connectivity index (χ0n) is 18.2. The summed E-state index contributed by atoms with van der Waals surface area (Å²) in [5.41, 5.74) is 2.49. The number of hydrogen-bond acceptors (Lipinski definition) is 6. The minimum Gasteiger partial charge on any atom is -0.467 e. The molecule has 0 aliphatic carbocycles. The van der Waals surface area contributed by atoms with E-state index in [9.17, 15) is 0 Å². The van der Waals surface area contributed by atoms with Crippen molar-refractivity contribution < 1.29 is 9.13 Å². The first kappa shape index (κ1) is 20.1. The maximum atomic E-state index is 15.9. The number of fused-ring (bicyclic) bond motifs is 3. The standard InChI is InChI=1S/C24H28FN5O/c1-14(2)10-15-6-4-5-7-18(15)21-20(25)22-19(11-26-21)23(29-24(28-22)31-3)30-12-16-8-9-17(13-30)27-16/h4-7,11,14,16-17,27H,8-10,12-13H2,1-3H3. The number of nitrogens with one attached hydrogen (secondary N) is 1. The monoisotopic (exact) mass is 421 g/mol. The number of pyridine rings is 1. The summed E-state index contributed by atoms with van der Waals surface area (Å²) >= 11 is 0. The Morgan fingerprint density at radius 2 is 1.90 bits per heavy atom. The summed E-state index contributed by atoms with van der Waals surface area (Å²) in [5, 5.41) is 4.25. The molecule has 2 aliphatic rings. The highest BCUT2D eigenvalue weighted by Gasteiger charge is 2.34. The number of anilines is 1. The van der Waals surface area contributed by atoms with E-state index < -0.39 is 5.82 Å². The molecule has 2 aliphatic heterocycles. The molecule has 2 aromatic heterocycles. The second-order valence-electron chi connectivity index (χ2n) is 9.01. The highest BCUT2D eigenvalue weighted by molar-refractivity contribution is 5.92. The number of benzene rings is 1. The van der Waals surface area contributed by atoms with Crippen molar-refractivity contribution in [3.63, 3.8) is 0 Å². The third kappa shape index (κ3) is 3.71. The SMILES string of the molecule is COc1nc(N2CC3CCC(C2)N3)c2cnc(-c3ccccc3CC(C)C)c(F)c2n1. The summed E-state index contributed by atoms with van der Waals surface area (Å²) in [6.07, 6.45) is 4.89. The van der Waals surface area contributed by atoms with E-state index in [4.69, 9.17) is 4.74 Å². The Bertz CT molecular complexity index is 1110. The summed E-state index contributed by atoms with van der Waals surface area (Å²) in [5.74, 6) is 0.740. The molecule has 0 radical (unpaired) electrons. The van der Waals surface area contributed by atoms with Crippen LogP contribution in [0.15, 0.2) is 30.5 Å². The third-order valence-electron chi connectivity index (χ3n) is 6.24. The molecule has 2 bridgehead atoms. The van der Waals surface area contributed by atoms with E-state index in [1.54, 1.807) is 6.20 Å². The van der Waals surface area contributed by atoms with Crippen LogP contribution in [0.5, 0.6) is 6.01 Å². The molecule has 0 spiro atoms. The third-order valence-corrected chi connectivity index (χ3v) is 6.24. The van der Waals surface area contributed by atoms with Crippen LogP contribution in [0.25, 0.3) is 22.2 Å². The van der Waals surface area contributed by atoms with E-state index in [1.165, 1.54) is 7.11 Å². The molecule has 2 fully saturated rings. The minimum absolute atomic E-state index is 0.180. The molecule has 0 saturated carbocycles. The van der Waals surface area contributed by atoms with Gasteiger partial charge < -0.3 is 15.0 Å². The molecule has 1 N–H and O–H groups in total. The number of halogens is 1. The Labute approximate surface area is 181 Å². The van der Waals surface area contributed by atoms with E-state index >= 15 is 4.39 Å². The Balaban J connectivity index is 1.64. The second-order valence-corrected chi connectivity index (χ2v) is 9.01. The highest BCUT2D eigenvalue weighted by Crippen LogP contribution is 2.35. The zero-order valence-corrected chi connectivity index (χ0v) is 18.2. The van der Waals surface area contributed by atoms with Crippen molar-refractivity contribution in [1.82, 2.24) is 20.3 Å². The first-order valence-electron chi connectivity index (χ1n) is 11.0. The van der Waals surface area contributed by atoms with Crippen LogP contribution in [-0.4, -0.2) is 47.2 Å². The van der Waals surface area contributed by atoms with Crippen molar-refractivity contribution in [1.29, 1.82) is 0 Å². The van der Waals surface area contributed by atoms with E-state index in [1.807, 2.05) is 24.3 Å². The lowest BCUT2D eigenvalue weighted by Crippen LogP contribution is -2.51. The summed E-state index contributed by atoms with van der Waals surface area (Å²) in [7, 11) is 1.52. The zero-order chi connectivity index (χ0) is 21.5. The van der Waals surface area contributed by atoms with Gasteiger partial charge in [-0.1, -0.05) is 38.1 Å². The van der Waals surface area contributed by atoms with Crippen molar-refractivity contribution in [2.24, 2.45) is 5.92 Å². The molecule has 6 nitrogen and oxygen atoms in total. The fraction of sp³-hybridized carbons (Fsp3) is 0.458. The van der Waals surface area contributed by atoms with Gasteiger partial charge in [0.05, 0.1) is 12.5 Å². The average Bonchev–Trinajstić information content (AvgIpc) is 3.11. The number of piperazine rings is 1. The Kier molecular flexibility index (Phi) is 5.22. The van der Waals surface area contributed by atoms with Gasteiger partial charge in [-0.25, -0.2) is 4.39 Å². The molecule has 7 heteroatoms. The highest BCUT2D eigenvalue weighted by atomic mass is 19.1. The molecule has 4 heterocycles. The normalized spacial score (nSPS) is 20.6. The molecule has 2 unspecified atom stereocenters. The summed E-state index contributed by atoms with van der Waals surface area (Å²) in [6.45, 7) is 6.00. The molecule has 0 amide bonds. The van der Waals surface area contributed by atoms with Crippen molar-refractivity contribution >= 4 is 16.7 Å². The Morgan fingerprint density at radius 3 is 2.61 bits per heavy atom. The summed E-state index contributed by atoms with van der Waals surface area (Å²) < 4.78 is 21.2. The summed E-state index contributed by atoms with van der Waals surface area (Å²) in [4.78, 5) is 15.8. The van der Waals surface area contributed by atoms with Gasteiger partial charge in [-0.3, -0.25) is 4.98 Å². The number of aromatic nitrogens is 3. The molecule has 162 valence electrons. The van der Waals surface area contributed by atoms with E-state index in [-0.39, 0.29) is 11.5 Å². The molecular formula is C24H28FN5O. The largest absolute Gasteiger partial charge is 0.467 e. The predicted molar refractivity (Wildman–Crippen MR) is 120 cm³/mol. The lowest BCUT2D eigenvalue weighted by molar-refractivity contribution is 0.380. The van der Waals surface area contributed by atoms with Crippen LogP contribution < -0.4 is 15.0 Å². The number of ether oxygens (including phenoxy) is 1.